The van der Waals surface area contributed by atoms with Crippen LogP contribution in [0.3, 0.4) is 0 Å². The Morgan fingerprint density at radius 3 is 2.62 bits per heavy atom. The van der Waals surface area contributed by atoms with Gasteiger partial charge in [-0.2, -0.15) is 14.7 Å². The number of likely N-dealkylation sites (tertiary alicyclic amines) is 1. The molecule has 1 saturated heterocycles. The Hall–Kier alpha value is -3.40. The maximum atomic E-state index is 11.9. The number of benzene rings is 1. The summed E-state index contributed by atoms with van der Waals surface area (Å²) < 4.78 is 4.25. The van der Waals surface area contributed by atoms with Gasteiger partial charge < -0.3 is 16.0 Å². The van der Waals surface area contributed by atoms with Crippen LogP contribution in [0.4, 0.5) is 10.6 Å². The van der Waals surface area contributed by atoms with Gasteiger partial charge in [-0.15, -0.1) is 0 Å². The minimum absolute atomic E-state index is 0.0426. The SMILES string of the molecule is CNC(=O)N1CCC(c2nc3c(-c4cnn(-c5ccccc5)c4)cnn3c(N)c2Br)CC1. The van der Waals surface area contributed by atoms with Crippen molar-refractivity contribution in [3.05, 3.63) is 59.1 Å². The number of aromatic nitrogens is 5. The molecular weight excluding hydrogens is 472 g/mol. The molecule has 1 aromatic carbocycles. The number of carbonyl (C=O) groups excluding carboxylic acids is 1. The Morgan fingerprint density at radius 2 is 1.91 bits per heavy atom. The van der Waals surface area contributed by atoms with Crippen LogP contribution in [0.1, 0.15) is 24.5 Å². The Balaban J connectivity index is 1.50. The van der Waals surface area contributed by atoms with Crippen molar-refractivity contribution in [1.29, 1.82) is 0 Å². The van der Waals surface area contributed by atoms with E-state index in [0.717, 1.165) is 39.8 Å². The van der Waals surface area contributed by atoms with E-state index in [1.807, 2.05) is 52.3 Å². The van der Waals surface area contributed by atoms with Gasteiger partial charge in [0.1, 0.15) is 5.82 Å². The van der Waals surface area contributed by atoms with E-state index in [1.54, 1.807) is 17.8 Å². The molecule has 164 valence electrons. The number of para-hydroxylation sites is 1. The highest BCUT2D eigenvalue weighted by molar-refractivity contribution is 9.10. The molecule has 1 aliphatic heterocycles. The molecule has 2 amide bonds. The van der Waals surface area contributed by atoms with Gasteiger partial charge in [0.2, 0.25) is 0 Å². The normalized spacial score (nSPS) is 14.8. The molecule has 9 nitrogen and oxygen atoms in total. The standard InChI is InChI=1S/C22H23BrN8O/c1-25-22(32)29-9-7-14(8-10-29)19-18(23)20(24)31-21(28-19)17(12-27-31)15-11-26-30(13-15)16-5-3-2-4-6-16/h2-6,11-14H,7-10,24H2,1H3,(H,25,32). The second-order valence-electron chi connectivity index (χ2n) is 7.82. The molecule has 10 heteroatoms. The first-order valence-electron chi connectivity index (χ1n) is 10.5. The third-order valence-electron chi connectivity index (χ3n) is 5.95. The first-order chi connectivity index (χ1) is 15.6. The summed E-state index contributed by atoms with van der Waals surface area (Å²) in [5, 5.41) is 11.7. The summed E-state index contributed by atoms with van der Waals surface area (Å²) in [5.74, 6) is 0.716. The molecule has 4 heterocycles. The minimum atomic E-state index is -0.0426. The van der Waals surface area contributed by atoms with Crippen molar-refractivity contribution in [1.82, 2.24) is 34.6 Å². The molecule has 0 spiro atoms. The molecule has 0 unspecified atom stereocenters. The number of anilines is 1. The van der Waals surface area contributed by atoms with E-state index in [-0.39, 0.29) is 11.9 Å². The number of hydrogen-bond acceptors (Lipinski definition) is 5. The lowest BCUT2D eigenvalue weighted by atomic mass is 9.93. The summed E-state index contributed by atoms with van der Waals surface area (Å²) in [6, 6.07) is 9.90. The van der Waals surface area contributed by atoms with Gasteiger partial charge in [-0.3, -0.25) is 0 Å². The highest BCUT2D eigenvalue weighted by atomic mass is 79.9. The van der Waals surface area contributed by atoms with Crippen LogP contribution in [0.5, 0.6) is 0 Å². The summed E-state index contributed by atoms with van der Waals surface area (Å²) in [6.07, 6.45) is 7.20. The lowest BCUT2D eigenvalue weighted by Gasteiger charge is -2.31. The third kappa shape index (κ3) is 3.50. The molecule has 1 fully saturated rings. The molecule has 4 aromatic rings. The number of amides is 2. The fourth-order valence-corrected chi connectivity index (χ4v) is 4.77. The monoisotopic (exact) mass is 494 g/mol. The maximum Gasteiger partial charge on any atom is 0.317 e. The van der Waals surface area contributed by atoms with Crippen molar-refractivity contribution in [2.24, 2.45) is 0 Å². The molecule has 0 bridgehead atoms. The first kappa shape index (κ1) is 20.5. The molecule has 3 N–H and O–H groups in total. The van der Waals surface area contributed by atoms with Gasteiger partial charge in [-0.05, 0) is 40.9 Å². The van der Waals surface area contributed by atoms with E-state index in [4.69, 9.17) is 10.7 Å². The van der Waals surface area contributed by atoms with Crippen molar-refractivity contribution >= 4 is 33.4 Å². The summed E-state index contributed by atoms with van der Waals surface area (Å²) in [5.41, 5.74) is 10.8. The van der Waals surface area contributed by atoms with Crippen LogP contribution >= 0.6 is 15.9 Å². The van der Waals surface area contributed by atoms with Crippen LogP contribution in [0.25, 0.3) is 22.5 Å². The average Bonchev–Trinajstić information content (AvgIpc) is 3.49. The topological polar surface area (TPSA) is 106 Å². The zero-order valence-electron chi connectivity index (χ0n) is 17.6. The van der Waals surface area contributed by atoms with Gasteiger partial charge in [-0.25, -0.2) is 14.5 Å². The number of fused-ring (bicyclic) bond motifs is 1. The van der Waals surface area contributed by atoms with Crippen molar-refractivity contribution < 1.29 is 4.79 Å². The lowest BCUT2D eigenvalue weighted by molar-refractivity contribution is 0.183. The molecule has 0 saturated carbocycles. The zero-order chi connectivity index (χ0) is 22.2. The third-order valence-corrected chi connectivity index (χ3v) is 6.76. The smallest absolute Gasteiger partial charge is 0.317 e. The van der Waals surface area contributed by atoms with Crippen molar-refractivity contribution in [2.75, 3.05) is 25.9 Å². The van der Waals surface area contributed by atoms with Gasteiger partial charge in [0, 0.05) is 43.4 Å². The quantitative estimate of drug-likeness (QED) is 0.453. The molecular formula is C22H23BrN8O. The first-order valence-corrected chi connectivity index (χ1v) is 11.3. The van der Waals surface area contributed by atoms with Crippen molar-refractivity contribution in [3.63, 3.8) is 0 Å². The Bertz CT molecular complexity index is 1270. The molecule has 3 aromatic heterocycles. The van der Waals surface area contributed by atoms with Crippen LogP contribution < -0.4 is 11.1 Å². The van der Waals surface area contributed by atoms with E-state index in [0.29, 0.717) is 24.6 Å². The lowest BCUT2D eigenvalue weighted by Crippen LogP contribution is -2.42. The molecule has 32 heavy (non-hydrogen) atoms. The van der Waals surface area contributed by atoms with E-state index >= 15 is 0 Å². The molecule has 0 aliphatic carbocycles. The predicted octanol–water partition coefficient (Wildman–Crippen LogP) is 3.45. The molecule has 0 atom stereocenters. The second-order valence-corrected chi connectivity index (χ2v) is 8.61. The number of carbonyl (C=O) groups is 1. The maximum absolute atomic E-state index is 11.9. The Kier molecular flexibility index (Phi) is 5.30. The second kappa shape index (κ2) is 8.27. The number of nitrogens with two attached hydrogens (primary N) is 1. The van der Waals surface area contributed by atoms with Crippen molar-refractivity contribution in [3.8, 4) is 16.8 Å². The highest BCUT2D eigenvalue weighted by Crippen LogP contribution is 2.37. The van der Waals surface area contributed by atoms with Gasteiger partial charge in [0.15, 0.2) is 5.65 Å². The van der Waals surface area contributed by atoms with E-state index in [2.05, 4.69) is 31.4 Å². The van der Waals surface area contributed by atoms with Crippen LogP contribution in [-0.2, 0) is 0 Å². The largest absolute Gasteiger partial charge is 0.383 e. The van der Waals surface area contributed by atoms with Crippen LogP contribution in [-0.4, -0.2) is 55.4 Å². The van der Waals surface area contributed by atoms with Gasteiger partial charge in [0.05, 0.1) is 28.2 Å². The Labute approximate surface area is 193 Å². The Morgan fingerprint density at radius 1 is 1.16 bits per heavy atom. The fraction of sp³-hybridized carbons (Fsp3) is 0.273. The van der Waals surface area contributed by atoms with E-state index < -0.39 is 0 Å². The van der Waals surface area contributed by atoms with Crippen LogP contribution in [0.2, 0.25) is 0 Å². The summed E-state index contributed by atoms with van der Waals surface area (Å²) in [6.45, 7) is 1.36. The number of nitrogen functional groups attached to an aromatic ring is 1. The summed E-state index contributed by atoms with van der Waals surface area (Å²) >= 11 is 3.64. The van der Waals surface area contributed by atoms with Crippen molar-refractivity contribution in [2.45, 2.75) is 18.8 Å². The summed E-state index contributed by atoms with van der Waals surface area (Å²) in [4.78, 5) is 18.7. The average molecular weight is 495 g/mol. The molecule has 5 rings (SSSR count). The van der Waals surface area contributed by atoms with E-state index in [1.165, 1.54) is 0 Å². The number of hydrogen-bond donors (Lipinski definition) is 2. The number of rotatable bonds is 3. The number of nitrogens with zero attached hydrogens (tertiary/aromatic N) is 6. The number of piperidine rings is 1. The minimum Gasteiger partial charge on any atom is -0.383 e. The number of urea groups is 1. The molecule has 0 radical (unpaired) electrons. The highest BCUT2D eigenvalue weighted by Gasteiger charge is 2.28. The van der Waals surface area contributed by atoms with Gasteiger partial charge in [0.25, 0.3) is 0 Å². The number of halogens is 1. The van der Waals surface area contributed by atoms with Gasteiger partial charge >= 0.3 is 6.03 Å². The van der Waals surface area contributed by atoms with Gasteiger partial charge in [-0.1, -0.05) is 18.2 Å². The fourth-order valence-electron chi connectivity index (χ4n) is 4.19. The van der Waals surface area contributed by atoms with E-state index in [9.17, 15) is 4.79 Å². The molecule has 1 aliphatic rings. The van der Waals surface area contributed by atoms with Crippen LogP contribution in [0.15, 0.2) is 53.4 Å². The zero-order valence-corrected chi connectivity index (χ0v) is 19.2. The van der Waals surface area contributed by atoms with Crippen LogP contribution in [0, 0.1) is 0 Å². The summed E-state index contributed by atoms with van der Waals surface area (Å²) in [7, 11) is 1.66. The number of nitrogens with one attached hydrogen (secondary N) is 1. The predicted molar refractivity (Wildman–Crippen MR) is 126 cm³/mol.